The molecule has 2 aromatic rings. The summed E-state index contributed by atoms with van der Waals surface area (Å²) in [6.45, 7) is 10.8. The van der Waals surface area contributed by atoms with Gasteiger partial charge in [0.1, 0.15) is 0 Å². The topological polar surface area (TPSA) is 49.4 Å². The summed E-state index contributed by atoms with van der Waals surface area (Å²) < 4.78 is 0. The van der Waals surface area contributed by atoms with Gasteiger partial charge in [0.15, 0.2) is 0 Å². The quantitative estimate of drug-likeness (QED) is 0.798. The minimum atomic E-state index is -0.337. The Morgan fingerprint density at radius 3 is 2.50 bits per heavy atom. The van der Waals surface area contributed by atoms with Gasteiger partial charge in [0, 0.05) is 24.3 Å². The van der Waals surface area contributed by atoms with Crippen LogP contribution < -0.4 is 10.2 Å². The van der Waals surface area contributed by atoms with Crippen LogP contribution in [0.4, 0.5) is 11.4 Å². The second-order valence-electron chi connectivity index (χ2n) is 8.02. The van der Waals surface area contributed by atoms with Crippen molar-refractivity contribution in [3.63, 3.8) is 0 Å². The third-order valence-corrected chi connectivity index (χ3v) is 5.64. The first-order valence-corrected chi connectivity index (χ1v) is 10.1. The Balaban J connectivity index is 1.83. The number of aryl methyl sites for hydroxylation is 3. The number of para-hydroxylation sites is 2. The van der Waals surface area contributed by atoms with E-state index < -0.39 is 0 Å². The Kier molecular flexibility index (Phi) is 5.87. The fraction of sp³-hybridized carbons (Fsp3) is 0.417. The van der Waals surface area contributed by atoms with E-state index in [0.29, 0.717) is 12.5 Å². The zero-order valence-corrected chi connectivity index (χ0v) is 17.5. The molecule has 2 amide bonds. The van der Waals surface area contributed by atoms with Gasteiger partial charge in [-0.2, -0.15) is 0 Å². The molecule has 0 bridgehead atoms. The molecule has 0 saturated carbocycles. The van der Waals surface area contributed by atoms with Crippen molar-refractivity contribution in [2.24, 2.45) is 5.92 Å². The highest BCUT2D eigenvalue weighted by Gasteiger charge is 2.36. The van der Waals surface area contributed by atoms with Gasteiger partial charge < -0.3 is 10.2 Å². The van der Waals surface area contributed by atoms with Gasteiger partial charge in [-0.25, -0.2) is 0 Å². The standard InChI is InChI=1S/C24H30N2O2/c1-6-18-11-7-10-17(5)23(18)26-14-19(13-21(26)27)24(28)25-22-16(4)9-8-12-20(22)15(2)3/h7-12,15,19H,6,13-14H2,1-5H3,(H,25,28). The number of carbonyl (C=O) groups excluding carboxylic acids is 2. The number of amides is 2. The predicted octanol–water partition coefficient (Wildman–Crippen LogP) is 4.98. The van der Waals surface area contributed by atoms with Gasteiger partial charge in [-0.15, -0.1) is 0 Å². The molecule has 1 aliphatic heterocycles. The largest absolute Gasteiger partial charge is 0.325 e. The second kappa shape index (κ2) is 8.17. The van der Waals surface area contributed by atoms with Gasteiger partial charge in [-0.3, -0.25) is 9.59 Å². The lowest BCUT2D eigenvalue weighted by molar-refractivity contribution is -0.122. The summed E-state index contributed by atoms with van der Waals surface area (Å²) >= 11 is 0. The van der Waals surface area contributed by atoms with Crippen LogP contribution in [0, 0.1) is 19.8 Å². The van der Waals surface area contributed by atoms with Gasteiger partial charge in [-0.1, -0.05) is 57.2 Å². The Labute approximate surface area is 167 Å². The second-order valence-corrected chi connectivity index (χ2v) is 8.02. The molecule has 0 aromatic heterocycles. The first kappa shape index (κ1) is 20.1. The molecular formula is C24H30N2O2. The van der Waals surface area contributed by atoms with Crippen LogP contribution in [0.1, 0.15) is 55.4 Å². The summed E-state index contributed by atoms with van der Waals surface area (Å²) in [4.78, 5) is 27.6. The molecule has 1 unspecified atom stereocenters. The van der Waals surface area contributed by atoms with Gasteiger partial charge in [-0.05, 0) is 48.4 Å². The fourth-order valence-electron chi connectivity index (χ4n) is 4.06. The van der Waals surface area contributed by atoms with E-state index in [1.54, 1.807) is 4.90 Å². The Morgan fingerprint density at radius 1 is 1.14 bits per heavy atom. The van der Waals surface area contributed by atoms with Crippen LogP contribution in [-0.2, 0) is 16.0 Å². The molecule has 1 N–H and O–H groups in total. The third kappa shape index (κ3) is 3.82. The average molecular weight is 379 g/mol. The summed E-state index contributed by atoms with van der Waals surface area (Å²) in [5, 5.41) is 3.12. The van der Waals surface area contributed by atoms with Crippen molar-refractivity contribution < 1.29 is 9.59 Å². The number of hydrogen-bond acceptors (Lipinski definition) is 2. The molecule has 1 heterocycles. The first-order chi connectivity index (χ1) is 13.3. The summed E-state index contributed by atoms with van der Waals surface area (Å²) in [5.74, 6) is -0.0656. The number of nitrogens with zero attached hydrogens (tertiary/aromatic N) is 1. The molecule has 3 rings (SSSR count). The lowest BCUT2D eigenvalue weighted by atomic mass is 9.97. The zero-order chi connectivity index (χ0) is 20.4. The van der Waals surface area contributed by atoms with Crippen molar-refractivity contribution in [3.8, 4) is 0 Å². The highest BCUT2D eigenvalue weighted by atomic mass is 16.2. The molecule has 0 aliphatic carbocycles. The van der Waals surface area contributed by atoms with Crippen LogP contribution >= 0.6 is 0 Å². The third-order valence-electron chi connectivity index (χ3n) is 5.64. The summed E-state index contributed by atoms with van der Waals surface area (Å²) in [6, 6.07) is 12.2. The number of rotatable bonds is 5. The first-order valence-electron chi connectivity index (χ1n) is 10.1. The van der Waals surface area contributed by atoms with Gasteiger partial charge in [0.25, 0.3) is 0 Å². The molecular weight excluding hydrogens is 348 g/mol. The molecule has 28 heavy (non-hydrogen) atoms. The van der Waals surface area contributed by atoms with E-state index in [4.69, 9.17) is 0 Å². The number of hydrogen-bond donors (Lipinski definition) is 1. The molecule has 1 saturated heterocycles. The maximum absolute atomic E-state index is 13.0. The Hall–Kier alpha value is -2.62. The van der Waals surface area contributed by atoms with E-state index in [1.807, 2.05) is 38.1 Å². The lowest BCUT2D eigenvalue weighted by Crippen LogP contribution is -2.29. The number of benzene rings is 2. The van der Waals surface area contributed by atoms with Crippen molar-refractivity contribution in [2.45, 2.75) is 53.4 Å². The molecule has 148 valence electrons. The van der Waals surface area contributed by atoms with Crippen molar-refractivity contribution in [1.29, 1.82) is 0 Å². The van der Waals surface area contributed by atoms with Crippen LogP contribution in [-0.4, -0.2) is 18.4 Å². The smallest absolute Gasteiger partial charge is 0.229 e. The zero-order valence-electron chi connectivity index (χ0n) is 17.5. The highest BCUT2D eigenvalue weighted by Crippen LogP contribution is 2.33. The lowest BCUT2D eigenvalue weighted by Gasteiger charge is -2.23. The monoisotopic (exact) mass is 378 g/mol. The minimum absolute atomic E-state index is 0.0259. The van der Waals surface area contributed by atoms with E-state index in [1.165, 1.54) is 0 Å². The number of nitrogens with one attached hydrogen (secondary N) is 1. The van der Waals surface area contributed by atoms with E-state index in [0.717, 1.165) is 40.0 Å². The van der Waals surface area contributed by atoms with Crippen LogP contribution in [0.25, 0.3) is 0 Å². The average Bonchev–Trinajstić information content (AvgIpc) is 3.04. The van der Waals surface area contributed by atoms with Crippen molar-refractivity contribution in [2.75, 3.05) is 16.8 Å². The highest BCUT2D eigenvalue weighted by molar-refractivity contribution is 6.04. The SMILES string of the molecule is CCc1cccc(C)c1N1CC(C(=O)Nc2c(C)cccc2C(C)C)CC1=O. The summed E-state index contributed by atoms with van der Waals surface area (Å²) in [5.41, 5.74) is 6.27. The summed E-state index contributed by atoms with van der Waals surface area (Å²) in [6.07, 6.45) is 1.12. The maximum atomic E-state index is 13.0. The van der Waals surface area contributed by atoms with Gasteiger partial charge >= 0.3 is 0 Å². The predicted molar refractivity (Wildman–Crippen MR) is 115 cm³/mol. The molecule has 4 heteroatoms. The Morgan fingerprint density at radius 2 is 1.82 bits per heavy atom. The van der Waals surface area contributed by atoms with Gasteiger partial charge in [0.2, 0.25) is 11.8 Å². The molecule has 0 spiro atoms. The Bertz CT molecular complexity index is 901. The fourth-order valence-corrected chi connectivity index (χ4v) is 4.06. The maximum Gasteiger partial charge on any atom is 0.229 e. The molecule has 4 nitrogen and oxygen atoms in total. The molecule has 1 fully saturated rings. The normalized spacial score (nSPS) is 16.7. The number of carbonyl (C=O) groups is 2. The van der Waals surface area contributed by atoms with E-state index in [-0.39, 0.29) is 24.2 Å². The minimum Gasteiger partial charge on any atom is -0.325 e. The van der Waals surface area contributed by atoms with Crippen LogP contribution in [0.2, 0.25) is 0 Å². The van der Waals surface area contributed by atoms with Crippen molar-refractivity contribution in [1.82, 2.24) is 0 Å². The van der Waals surface area contributed by atoms with Crippen molar-refractivity contribution in [3.05, 3.63) is 58.7 Å². The molecule has 1 atom stereocenters. The number of anilines is 2. The van der Waals surface area contributed by atoms with Crippen molar-refractivity contribution >= 4 is 23.2 Å². The van der Waals surface area contributed by atoms with E-state index >= 15 is 0 Å². The molecule has 2 aromatic carbocycles. The van der Waals surface area contributed by atoms with E-state index in [9.17, 15) is 9.59 Å². The molecule has 1 aliphatic rings. The molecule has 0 radical (unpaired) electrons. The van der Waals surface area contributed by atoms with Gasteiger partial charge in [0.05, 0.1) is 5.92 Å². The van der Waals surface area contributed by atoms with Crippen LogP contribution in [0.3, 0.4) is 0 Å². The summed E-state index contributed by atoms with van der Waals surface area (Å²) in [7, 11) is 0. The van der Waals surface area contributed by atoms with E-state index in [2.05, 4.69) is 38.2 Å². The van der Waals surface area contributed by atoms with Crippen LogP contribution in [0.5, 0.6) is 0 Å². The van der Waals surface area contributed by atoms with Crippen LogP contribution in [0.15, 0.2) is 36.4 Å².